The van der Waals surface area contributed by atoms with Gasteiger partial charge in [0.2, 0.25) is 5.90 Å². The summed E-state index contributed by atoms with van der Waals surface area (Å²) in [5.74, 6) is 0.853. The molecule has 0 spiro atoms. The average molecular weight is 531 g/mol. The second-order valence-electron chi connectivity index (χ2n) is 7.91. The normalized spacial score (nSPS) is 19.3. The molecule has 2 N–H and O–H groups in total. The molecule has 2 aromatic carbocycles. The Bertz CT molecular complexity index is 995. The number of ether oxygens (including phenoxy) is 3. The van der Waals surface area contributed by atoms with Gasteiger partial charge in [-0.25, -0.2) is 4.99 Å². The highest BCUT2D eigenvalue weighted by molar-refractivity contribution is 9.10. The Balaban J connectivity index is 1.94. The molecule has 0 bridgehead atoms. The minimum absolute atomic E-state index is 0.0814. The van der Waals surface area contributed by atoms with E-state index in [4.69, 9.17) is 24.3 Å². The van der Waals surface area contributed by atoms with Crippen molar-refractivity contribution < 1.29 is 24.1 Å². The predicted octanol–water partition coefficient (Wildman–Crippen LogP) is 4.20. The van der Waals surface area contributed by atoms with Gasteiger partial charge >= 0.3 is 0 Å². The molecule has 0 saturated heterocycles. The van der Waals surface area contributed by atoms with Gasteiger partial charge in [-0.05, 0) is 36.8 Å². The zero-order valence-electron chi connectivity index (χ0n) is 19.3. The zero-order valence-corrected chi connectivity index (χ0v) is 20.9. The fourth-order valence-corrected chi connectivity index (χ4v) is 4.26. The Hall–Kier alpha value is -2.68. The minimum atomic E-state index is -1.20. The Morgan fingerprint density at radius 2 is 2.00 bits per heavy atom. The Morgan fingerprint density at radius 3 is 2.68 bits per heavy atom. The number of carbonyl (C=O) groups excluding carboxylic acids is 1. The number of aliphatic imine (C=N–C) groups is 1. The number of amides is 1. The van der Waals surface area contributed by atoms with Gasteiger partial charge in [0.1, 0.15) is 5.75 Å². The van der Waals surface area contributed by atoms with E-state index < -0.39 is 11.6 Å². The molecule has 34 heavy (non-hydrogen) atoms. The van der Waals surface area contributed by atoms with Gasteiger partial charge in [-0.15, -0.1) is 6.58 Å². The lowest BCUT2D eigenvalue weighted by atomic mass is 9.84. The summed E-state index contributed by atoms with van der Waals surface area (Å²) in [6.07, 6.45) is 2.63. The fraction of sp³-hybridized carbons (Fsp3) is 0.385. The molecule has 2 atom stereocenters. The maximum absolute atomic E-state index is 13.6. The highest BCUT2D eigenvalue weighted by Crippen LogP contribution is 2.44. The van der Waals surface area contributed by atoms with Crippen LogP contribution in [0.15, 0.2) is 70.7 Å². The van der Waals surface area contributed by atoms with E-state index in [-0.39, 0.29) is 12.5 Å². The highest BCUT2D eigenvalue weighted by atomic mass is 79.9. The van der Waals surface area contributed by atoms with Crippen LogP contribution in [0.3, 0.4) is 0 Å². The summed E-state index contributed by atoms with van der Waals surface area (Å²) in [7, 11) is 1.63. The highest BCUT2D eigenvalue weighted by Gasteiger charge is 2.52. The van der Waals surface area contributed by atoms with Crippen LogP contribution in [0, 0.1) is 0 Å². The zero-order chi connectivity index (χ0) is 24.4. The molecule has 7 nitrogen and oxygen atoms in total. The smallest absolute Gasteiger partial charge is 0.252 e. The maximum atomic E-state index is 13.6. The Labute approximate surface area is 209 Å². The summed E-state index contributed by atoms with van der Waals surface area (Å²) >= 11 is 3.61. The lowest BCUT2D eigenvalue weighted by Gasteiger charge is -2.30. The number of hydrogen-bond donors (Lipinski definition) is 2. The molecule has 0 aromatic heterocycles. The molecule has 0 aliphatic carbocycles. The number of aliphatic hydroxyl groups is 1. The van der Waals surface area contributed by atoms with Crippen LogP contribution in [0.4, 0.5) is 0 Å². The van der Waals surface area contributed by atoms with Crippen LogP contribution < -0.4 is 10.1 Å². The number of halogens is 1. The average Bonchev–Trinajstić information content (AvgIpc) is 3.23. The van der Waals surface area contributed by atoms with Gasteiger partial charge in [-0.2, -0.15) is 0 Å². The molecule has 0 saturated carbocycles. The number of nitrogens with one attached hydrogen (secondary N) is 1. The van der Waals surface area contributed by atoms with Crippen molar-refractivity contribution in [1.29, 1.82) is 0 Å². The van der Waals surface area contributed by atoms with E-state index in [1.165, 1.54) is 0 Å². The summed E-state index contributed by atoms with van der Waals surface area (Å²) in [5.41, 5.74) is 0.369. The number of carbonyl (C=O) groups is 1. The van der Waals surface area contributed by atoms with E-state index in [0.29, 0.717) is 50.7 Å². The van der Waals surface area contributed by atoms with Crippen molar-refractivity contribution in [3.63, 3.8) is 0 Å². The minimum Gasteiger partial charge on any atom is -0.494 e. The van der Waals surface area contributed by atoms with Crippen LogP contribution in [-0.4, -0.2) is 55.9 Å². The molecule has 3 rings (SSSR count). The SMILES string of the molecule is C=CC[C@@]1(C(=O)NCCCOC)N=C(c2ccc(OCCCO)cc2)O[C@@H]1c1ccccc1Br. The first kappa shape index (κ1) is 25.9. The lowest BCUT2D eigenvalue weighted by Crippen LogP contribution is -2.48. The van der Waals surface area contributed by atoms with Crippen molar-refractivity contribution in [3.05, 3.63) is 76.8 Å². The van der Waals surface area contributed by atoms with Crippen LogP contribution in [0.1, 0.15) is 36.5 Å². The van der Waals surface area contributed by atoms with E-state index in [0.717, 1.165) is 15.6 Å². The van der Waals surface area contributed by atoms with Gasteiger partial charge in [0, 0.05) is 55.3 Å². The third kappa shape index (κ3) is 6.05. The monoisotopic (exact) mass is 530 g/mol. The number of benzene rings is 2. The Morgan fingerprint density at radius 1 is 1.24 bits per heavy atom. The van der Waals surface area contributed by atoms with Crippen LogP contribution >= 0.6 is 15.9 Å². The maximum Gasteiger partial charge on any atom is 0.252 e. The first-order valence-electron chi connectivity index (χ1n) is 11.3. The molecule has 8 heteroatoms. The third-order valence-corrected chi connectivity index (χ3v) is 6.21. The van der Waals surface area contributed by atoms with Gasteiger partial charge in [0.25, 0.3) is 5.91 Å². The van der Waals surface area contributed by atoms with Crippen LogP contribution in [-0.2, 0) is 14.3 Å². The van der Waals surface area contributed by atoms with Gasteiger partial charge in [-0.1, -0.05) is 40.2 Å². The molecule has 1 amide bonds. The number of methoxy groups -OCH3 is 1. The van der Waals surface area contributed by atoms with Crippen molar-refractivity contribution >= 4 is 27.7 Å². The predicted molar refractivity (Wildman–Crippen MR) is 135 cm³/mol. The molecule has 182 valence electrons. The molecule has 1 aliphatic heterocycles. The van der Waals surface area contributed by atoms with Gasteiger partial charge in [0.05, 0.1) is 6.61 Å². The van der Waals surface area contributed by atoms with Crippen molar-refractivity contribution in [2.75, 3.05) is 33.5 Å². The summed E-state index contributed by atoms with van der Waals surface area (Å²) in [6.45, 7) is 5.43. The van der Waals surface area contributed by atoms with Crippen LogP contribution in [0.5, 0.6) is 5.75 Å². The molecule has 0 fully saturated rings. The molecule has 0 unspecified atom stereocenters. The van der Waals surface area contributed by atoms with E-state index in [9.17, 15) is 4.79 Å². The topological polar surface area (TPSA) is 89.4 Å². The number of hydrogen-bond acceptors (Lipinski definition) is 6. The number of rotatable bonds is 13. The third-order valence-electron chi connectivity index (χ3n) is 5.48. The molecular formula is C26H31BrN2O5. The molecule has 0 radical (unpaired) electrons. The molecular weight excluding hydrogens is 500 g/mol. The van der Waals surface area contributed by atoms with Crippen molar-refractivity contribution in [3.8, 4) is 5.75 Å². The second-order valence-corrected chi connectivity index (χ2v) is 8.76. The van der Waals surface area contributed by atoms with Crippen molar-refractivity contribution in [2.45, 2.75) is 30.9 Å². The van der Waals surface area contributed by atoms with Gasteiger partial charge in [-0.3, -0.25) is 4.79 Å². The standard InChI is InChI=1S/C26H31BrN2O5/c1-3-14-26(25(31)28-15-6-17-32-2)23(21-8-4-5-9-22(21)27)34-24(29-26)19-10-12-20(13-11-19)33-18-7-16-30/h3-5,8-13,23,30H,1,6-7,14-18H2,2H3,(H,28,31)/t23-,26-/m1/s1. The van der Waals surface area contributed by atoms with Gasteiger partial charge < -0.3 is 24.6 Å². The second kappa shape index (κ2) is 12.7. The van der Waals surface area contributed by atoms with E-state index >= 15 is 0 Å². The van der Waals surface area contributed by atoms with Crippen molar-refractivity contribution in [2.24, 2.45) is 4.99 Å². The van der Waals surface area contributed by atoms with E-state index in [2.05, 4.69) is 27.8 Å². The first-order valence-corrected chi connectivity index (χ1v) is 12.1. The lowest BCUT2D eigenvalue weighted by molar-refractivity contribution is -0.128. The number of nitrogens with zero attached hydrogens (tertiary/aromatic N) is 1. The molecule has 1 heterocycles. The Kier molecular flexibility index (Phi) is 9.68. The first-order chi connectivity index (χ1) is 16.6. The fourth-order valence-electron chi connectivity index (χ4n) is 3.77. The van der Waals surface area contributed by atoms with Crippen LogP contribution in [0.2, 0.25) is 0 Å². The molecule has 1 aliphatic rings. The summed E-state index contributed by atoms with van der Waals surface area (Å²) in [5, 5.41) is 11.9. The summed E-state index contributed by atoms with van der Waals surface area (Å²) in [6, 6.07) is 15.0. The van der Waals surface area contributed by atoms with Crippen molar-refractivity contribution in [1.82, 2.24) is 5.32 Å². The van der Waals surface area contributed by atoms with E-state index in [1.807, 2.05) is 48.5 Å². The van der Waals surface area contributed by atoms with E-state index in [1.54, 1.807) is 13.2 Å². The summed E-state index contributed by atoms with van der Waals surface area (Å²) < 4.78 is 17.9. The molecule has 2 aromatic rings. The van der Waals surface area contributed by atoms with Gasteiger partial charge in [0.15, 0.2) is 11.6 Å². The largest absolute Gasteiger partial charge is 0.494 e. The summed E-state index contributed by atoms with van der Waals surface area (Å²) in [4.78, 5) is 18.4. The van der Waals surface area contributed by atoms with Crippen LogP contribution in [0.25, 0.3) is 0 Å². The quantitative estimate of drug-likeness (QED) is 0.299. The number of aliphatic hydroxyl groups excluding tert-OH is 1.